The average Bonchev–Trinajstić information content (AvgIpc) is 3.25. The summed E-state index contributed by atoms with van der Waals surface area (Å²) in [5.74, 6) is 0.762. The molecule has 0 saturated heterocycles. The van der Waals surface area contributed by atoms with Crippen LogP contribution in [0.4, 0.5) is 0 Å². The molecule has 6 heteroatoms. The van der Waals surface area contributed by atoms with Crippen molar-refractivity contribution in [3.8, 4) is 5.75 Å². The van der Waals surface area contributed by atoms with Gasteiger partial charge in [0, 0.05) is 19.1 Å². The Kier molecular flexibility index (Phi) is 5.61. The van der Waals surface area contributed by atoms with E-state index in [1.807, 2.05) is 31.2 Å². The van der Waals surface area contributed by atoms with Crippen molar-refractivity contribution in [3.05, 3.63) is 29.8 Å². The van der Waals surface area contributed by atoms with Gasteiger partial charge in [0.1, 0.15) is 12.4 Å². The molecule has 5 nitrogen and oxygen atoms in total. The summed E-state index contributed by atoms with van der Waals surface area (Å²) in [6, 6.07) is 8.22. The summed E-state index contributed by atoms with van der Waals surface area (Å²) in [6.07, 6.45) is 2.31. The molecule has 0 spiro atoms. The minimum Gasteiger partial charge on any atom is -0.492 e. The zero-order valence-electron chi connectivity index (χ0n) is 12.6. The monoisotopic (exact) mass is 312 g/mol. The Hall–Kier alpha value is -1.11. The number of hydrogen-bond acceptors (Lipinski definition) is 4. The molecule has 1 fully saturated rings. The van der Waals surface area contributed by atoms with Gasteiger partial charge in [-0.2, -0.15) is 0 Å². The summed E-state index contributed by atoms with van der Waals surface area (Å²) >= 11 is 0. The Morgan fingerprint density at radius 1 is 1.38 bits per heavy atom. The summed E-state index contributed by atoms with van der Waals surface area (Å²) in [7, 11) is -3.28. The lowest BCUT2D eigenvalue weighted by Crippen LogP contribution is -2.40. The number of sulfonamides is 1. The van der Waals surface area contributed by atoms with Crippen molar-refractivity contribution < 1.29 is 13.2 Å². The summed E-state index contributed by atoms with van der Waals surface area (Å²) in [6.45, 7) is 4.82. The molecule has 118 valence electrons. The Balaban J connectivity index is 1.68. The Labute approximate surface area is 127 Å². The highest BCUT2D eigenvalue weighted by atomic mass is 32.2. The van der Waals surface area contributed by atoms with E-state index in [1.165, 1.54) is 0 Å². The number of ether oxygens (including phenoxy) is 1. The molecule has 1 saturated carbocycles. The minimum atomic E-state index is -3.28. The number of benzene rings is 1. The van der Waals surface area contributed by atoms with E-state index in [0.717, 1.165) is 24.2 Å². The maximum atomic E-state index is 12.0. The molecule has 2 N–H and O–H groups in total. The van der Waals surface area contributed by atoms with Gasteiger partial charge in [-0.15, -0.1) is 0 Å². The Morgan fingerprint density at radius 2 is 2.14 bits per heavy atom. The van der Waals surface area contributed by atoms with E-state index in [-0.39, 0.29) is 6.54 Å². The molecule has 1 aliphatic rings. The van der Waals surface area contributed by atoms with Gasteiger partial charge in [0.2, 0.25) is 10.0 Å². The summed E-state index contributed by atoms with van der Waals surface area (Å²) in [4.78, 5) is 0. The van der Waals surface area contributed by atoms with E-state index in [1.54, 1.807) is 6.92 Å². The van der Waals surface area contributed by atoms with Crippen LogP contribution in [0.25, 0.3) is 0 Å². The fourth-order valence-corrected chi connectivity index (χ4v) is 2.90. The molecule has 0 radical (unpaired) electrons. The normalized spacial score (nSPS) is 16.7. The van der Waals surface area contributed by atoms with Gasteiger partial charge in [-0.3, -0.25) is 0 Å². The first-order valence-electron chi connectivity index (χ1n) is 7.39. The second-order valence-corrected chi connectivity index (χ2v) is 7.78. The standard InChI is InChI=1S/C15H24N2O3S/c1-12-4-3-5-15(10-12)20-9-8-17-21(18,19)13(2)11-16-14-6-7-14/h3-5,10,13-14,16-17H,6-9,11H2,1-2H3. The number of hydrogen-bond donors (Lipinski definition) is 2. The van der Waals surface area contributed by atoms with E-state index in [4.69, 9.17) is 4.74 Å². The van der Waals surface area contributed by atoms with Crippen LogP contribution in [0.5, 0.6) is 5.75 Å². The van der Waals surface area contributed by atoms with Crippen molar-refractivity contribution in [2.45, 2.75) is 38.0 Å². The SMILES string of the molecule is Cc1cccc(OCCNS(=O)(=O)C(C)CNC2CC2)c1. The van der Waals surface area contributed by atoms with Crippen LogP contribution in [0.2, 0.25) is 0 Å². The quantitative estimate of drug-likeness (QED) is 0.677. The van der Waals surface area contributed by atoms with Crippen molar-refractivity contribution in [1.29, 1.82) is 0 Å². The second-order valence-electron chi connectivity index (χ2n) is 5.60. The lowest BCUT2D eigenvalue weighted by molar-refractivity contribution is 0.322. The molecule has 0 aliphatic heterocycles. The highest BCUT2D eigenvalue weighted by molar-refractivity contribution is 7.90. The third-order valence-corrected chi connectivity index (χ3v) is 5.30. The van der Waals surface area contributed by atoms with Crippen molar-refractivity contribution in [2.75, 3.05) is 19.7 Å². The molecule has 1 aromatic carbocycles. The first-order valence-corrected chi connectivity index (χ1v) is 8.93. The van der Waals surface area contributed by atoms with Crippen LogP contribution in [-0.4, -0.2) is 39.4 Å². The van der Waals surface area contributed by atoms with E-state index < -0.39 is 15.3 Å². The zero-order chi connectivity index (χ0) is 15.3. The van der Waals surface area contributed by atoms with E-state index in [0.29, 0.717) is 19.2 Å². The van der Waals surface area contributed by atoms with E-state index in [9.17, 15) is 8.42 Å². The average molecular weight is 312 g/mol. The maximum Gasteiger partial charge on any atom is 0.215 e. The van der Waals surface area contributed by atoms with Crippen LogP contribution in [0.1, 0.15) is 25.3 Å². The maximum absolute atomic E-state index is 12.0. The van der Waals surface area contributed by atoms with Crippen LogP contribution in [0.3, 0.4) is 0 Å². The molecule has 2 rings (SSSR count). The fourth-order valence-electron chi connectivity index (χ4n) is 1.93. The molecular weight excluding hydrogens is 288 g/mol. The summed E-state index contributed by atoms with van der Waals surface area (Å²) < 4.78 is 32.2. The molecule has 0 bridgehead atoms. The van der Waals surface area contributed by atoms with Crippen LogP contribution < -0.4 is 14.8 Å². The van der Waals surface area contributed by atoms with Gasteiger partial charge in [-0.05, 0) is 44.4 Å². The zero-order valence-corrected chi connectivity index (χ0v) is 13.4. The van der Waals surface area contributed by atoms with Gasteiger partial charge in [-0.25, -0.2) is 13.1 Å². The summed E-state index contributed by atoms with van der Waals surface area (Å²) in [5.41, 5.74) is 1.12. The molecule has 0 heterocycles. The Morgan fingerprint density at radius 3 is 2.81 bits per heavy atom. The smallest absolute Gasteiger partial charge is 0.215 e. The van der Waals surface area contributed by atoms with Crippen molar-refractivity contribution in [3.63, 3.8) is 0 Å². The summed E-state index contributed by atoms with van der Waals surface area (Å²) in [5, 5.41) is 2.80. The van der Waals surface area contributed by atoms with Gasteiger partial charge in [0.25, 0.3) is 0 Å². The predicted molar refractivity (Wildman–Crippen MR) is 84.1 cm³/mol. The minimum absolute atomic E-state index is 0.282. The molecule has 1 unspecified atom stereocenters. The predicted octanol–water partition coefficient (Wildman–Crippen LogP) is 1.43. The van der Waals surface area contributed by atoms with Crippen molar-refractivity contribution in [1.82, 2.24) is 10.0 Å². The molecule has 21 heavy (non-hydrogen) atoms. The van der Waals surface area contributed by atoms with Crippen molar-refractivity contribution in [2.24, 2.45) is 0 Å². The molecule has 1 aromatic rings. The third-order valence-electron chi connectivity index (χ3n) is 3.46. The first kappa shape index (κ1) is 16.3. The lowest BCUT2D eigenvalue weighted by atomic mass is 10.2. The fraction of sp³-hybridized carbons (Fsp3) is 0.600. The van der Waals surface area contributed by atoms with E-state index >= 15 is 0 Å². The van der Waals surface area contributed by atoms with E-state index in [2.05, 4.69) is 10.0 Å². The molecule has 1 atom stereocenters. The van der Waals surface area contributed by atoms with Gasteiger partial charge in [0.15, 0.2) is 0 Å². The lowest BCUT2D eigenvalue weighted by Gasteiger charge is -2.15. The third kappa shape index (κ3) is 5.65. The molecular formula is C15H24N2O3S. The highest BCUT2D eigenvalue weighted by Crippen LogP contribution is 2.18. The van der Waals surface area contributed by atoms with Crippen LogP contribution >= 0.6 is 0 Å². The number of nitrogens with one attached hydrogen (secondary N) is 2. The van der Waals surface area contributed by atoms with Gasteiger partial charge < -0.3 is 10.1 Å². The second kappa shape index (κ2) is 7.24. The largest absolute Gasteiger partial charge is 0.492 e. The number of rotatable bonds is 9. The molecule has 0 amide bonds. The Bertz CT molecular complexity index is 556. The first-order chi connectivity index (χ1) is 9.97. The van der Waals surface area contributed by atoms with Crippen molar-refractivity contribution >= 4 is 10.0 Å². The van der Waals surface area contributed by atoms with Crippen LogP contribution in [-0.2, 0) is 10.0 Å². The van der Waals surface area contributed by atoms with Gasteiger partial charge >= 0.3 is 0 Å². The highest BCUT2D eigenvalue weighted by Gasteiger charge is 2.25. The van der Waals surface area contributed by atoms with Gasteiger partial charge in [0.05, 0.1) is 5.25 Å². The molecule has 1 aliphatic carbocycles. The van der Waals surface area contributed by atoms with Crippen LogP contribution in [0, 0.1) is 6.92 Å². The van der Waals surface area contributed by atoms with Gasteiger partial charge in [-0.1, -0.05) is 12.1 Å². The molecule has 0 aromatic heterocycles. The number of aryl methyl sites for hydroxylation is 1. The topological polar surface area (TPSA) is 67.4 Å². The van der Waals surface area contributed by atoms with Crippen LogP contribution in [0.15, 0.2) is 24.3 Å².